The molecule has 0 saturated carbocycles. The lowest BCUT2D eigenvalue weighted by Gasteiger charge is -2.26. The zero-order chi connectivity index (χ0) is 20.9. The average molecular weight is 421 g/mol. The number of carbonyl (C=O) groups is 1. The van der Waals surface area contributed by atoms with E-state index in [1.54, 1.807) is 16.0 Å². The van der Waals surface area contributed by atoms with E-state index in [-0.39, 0.29) is 5.91 Å². The molecule has 30 heavy (non-hydrogen) atoms. The third-order valence-corrected chi connectivity index (χ3v) is 5.73. The second-order valence-electron chi connectivity index (χ2n) is 6.65. The summed E-state index contributed by atoms with van der Waals surface area (Å²) in [6.07, 6.45) is 0. The molecule has 0 N–H and O–H groups in total. The van der Waals surface area contributed by atoms with Gasteiger partial charge in [0.25, 0.3) is 5.91 Å². The van der Waals surface area contributed by atoms with E-state index in [0.717, 1.165) is 26.7 Å². The summed E-state index contributed by atoms with van der Waals surface area (Å²) in [5.41, 5.74) is 2.35. The normalized spacial score (nSPS) is 13.0. The van der Waals surface area contributed by atoms with Crippen LogP contribution in [0.3, 0.4) is 0 Å². The van der Waals surface area contributed by atoms with Gasteiger partial charge in [-0.3, -0.25) is 9.48 Å². The van der Waals surface area contributed by atoms with Gasteiger partial charge >= 0.3 is 0 Å². The molecule has 1 aliphatic rings. The largest absolute Gasteiger partial charge is 0.487 e. The van der Waals surface area contributed by atoms with E-state index < -0.39 is 0 Å². The molecule has 0 spiro atoms. The van der Waals surface area contributed by atoms with Crippen molar-refractivity contribution in [1.29, 1.82) is 0 Å². The highest BCUT2D eigenvalue weighted by atomic mass is 32.1. The van der Waals surface area contributed by atoms with Crippen LogP contribution in [-0.4, -0.2) is 32.1 Å². The van der Waals surface area contributed by atoms with Crippen molar-refractivity contribution in [1.82, 2.24) is 19.7 Å². The molecule has 0 radical (unpaired) electrons. The van der Waals surface area contributed by atoms with E-state index in [1.807, 2.05) is 73.3 Å². The quantitative estimate of drug-likeness (QED) is 0.467. The summed E-state index contributed by atoms with van der Waals surface area (Å²) < 4.78 is 8.68. The molecule has 1 aliphatic heterocycles. The van der Waals surface area contributed by atoms with Crippen LogP contribution >= 0.6 is 11.3 Å². The van der Waals surface area contributed by atoms with Gasteiger partial charge in [0.1, 0.15) is 28.8 Å². The molecule has 154 valence electrons. The maximum Gasteiger partial charge on any atom is 0.272 e. The van der Waals surface area contributed by atoms with Crippen LogP contribution in [0.1, 0.15) is 35.0 Å². The number of nitrogens with zero attached hydrogens (tertiary/aromatic N) is 4. The highest BCUT2D eigenvalue weighted by Gasteiger charge is 2.27. The van der Waals surface area contributed by atoms with Gasteiger partial charge in [-0.25, -0.2) is 4.98 Å². The van der Waals surface area contributed by atoms with Gasteiger partial charge in [-0.15, -0.1) is 11.3 Å². The predicted octanol–water partition coefficient (Wildman–Crippen LogP) is 4.75. The summed E-state index contributed by atoms with van der Waals surface area (Å²) in [5.74, 6) is 0.779. The van der Waals surface area contributed by atoms with Gasteiger partial charge in [0.15, 0.2) is 0 Å². The molecule has 0 unspecified atom stereocenters. The molecule has 2 aromatic heterocycles. The Bertz CT molecular complexity index is 1100. The van der Waals surface area contributed by atoms with Crippen molar-refractivity contribution in [3.05, 3.63) is 77.1 Å². The SMILES string of the molecule is CC.O=C1c2cc(COc3ccccc3)nn2CCN1Cc1nc2ccccc2s1. The first kappa shape index (κ1) is 20.1. The lowest BCUT2D eigenvalue weighted by molar-refractivity contribution is 0.0683. The fourth-order valence-electron chi connectivity index (χ4n) is 3.34. The molecule has 5 rings (SSSR count). The Kier molecular flexibility index (Phi) is 6.09. The lowest BCUT2D eigenvalue weighted by Crippen LogP contribution is -2.39. The van der Waals surface area contributed by atoms with Gasteiger partial charge in [0.05, 0.1) is 23.3 Å². The summed E-state index contributed by atoms with van der Waals surface area (Å²) in [7, 11) is 0. The second-order valence-corrected chi connectivity index (χ2v) is 7.76. The Labute approximate surface area is 179 Å². The van der Waals surface area contributed by atoms with Crippen molar-refractivity contribution in [2.45, 2.75) is 33.5 Å². The molecule has 1 amide bonds. The predicted molar refractivity (Wildman–Crippen MR) is 119 cm³/mol. The zero-order valence-corrected chi connectivity index (χ0v) is 17.9. The van der Waals surface area contributed by atoms with Crippen LogP contribution in [0.15, 0.2) is 60.7 Å². The Morgan fingerprint density at radius 2 is 1.80 bits per heavy atom. The summed E-state index contributed by atoms with van der Waals surface area (Å²) in [4.78, 5) is 19.4. The minimum atomic E-state index is -0.0102. The summed E-state index contributed by atoms with van der Waals surface area (Å²) >= 11 is 1.64. The highest BCUT2D eigenvalue weighted by molar-refractivity contribution is 7.18. The van der Waals surface area contributed by atoms with Crippen LogP contribution in [0.4, 0.5) is 0 Å². The zero-order valence-electron chi connectivity index (χ0n) is 17.1. The number of benzene rings is 2. The topological polar surface area (TPSA) is 60.2 Å². The molecule has 0 aliphatic carbocycles. The van der Waals surface area contributed by atoms with E-state index in [4.69, 9.17) is 4.74 Å². The van der Waals surface area contributed by atoms with Gasteiger partial charge in [0, 0.05) is 6.54 Å². The molecule has 0 bridgehead atoms. The Hall–Kier alpha value is -3.19. The van der Waals surface area contributed by atoms with Crippen LogP contribution < -0.4 is 4.74 Å². The first-order valence-corrected chi connectivity index (χ1v) is 11.0. The molecule has 0 fully saturated rings. The van der Waals surface area contributed by atoms with Crippen LogP contribution in [0.5, 0.6) is 5.75 Å². The van der Waals surface area contributed by atoms with Gasteiger partial charge in [0.2, 0.25) is 0 Å². The second kappa shape index (κ2) is 9.09. The van der Waals surface area contributed by atoms with E-state index >= 15 is 0 Å². The molecule has 0 atom stereocenters. The summed E-state index contributed by atoms with van der Waals surface area (Å²) in [5, 5.41) is 5.48. The number of carbonyl (C=O) groups excluding carboxylic acids is 1. The molecule has 0 saturated heterocycles. The number of aromatic nitrogens is 3. The van der Waals surface area contributed by atoms with E-state index in [1.165, 1.54) is 0 Å². The number of thiazole rings is 1. The molecule has 7 heteroatoms. The van der Waals surface area contributed by atoms with Crippen LogP contribution in [-0.2, 0) is 19.7 Å². The number of hydrogen-bond acceptors (Lipinski definition) is 5. The fourth-order valence-corrected chi connectivity index (χ4v) is 4.32. The van der Waals surface area contributed by atoms with Crippen LogP contribution in [0.2, 0.25) is 0 Å². The van der Waals surface area contributed by atoms with Gasteiger partial charge < -0.3 is 9.64 Å². The van der Waals surface area contributed by atoms with Crippen molar-refractivity contribution in [3.63, 3.8) is 0 Å². The van der Waals surface area contributed by atoms with Crippen molar-refractivity contribution in [2.75, 3.05) is 6.54 Å². The lowest BCUT2D eigenvalue weighted by atomic mass is 10.2. The number of rotatable bonds is 5. The minimum Gasteiger partial charge on any atom is -0.487 e. The smallest absolute Gasteiger partial charge is 0.272 e. The highest BCUT2D eigenvalue weighted by Crippen LogP contribution is 2.24. The molecule has 6 nitrogen and oxygen atoms in total. The molecular formula is C23H24N4O2S. The standard InChI is InChI=1S/C21H18N4O2S.C2H6/c26-21-18-12-15(14-27-16-6-2-1-3-7-16)23-25(18)11-10-24(21)13-20-22-17-8-4-5-9-19(17)28-20;1-2/h1-9,12H,10-11,13-14H2;1-2H3. The third-order valence-electron chi connectivity index (χ3n) is 4.71. The Morgan fingerprint density at radius 1 is 1.03 bits per heavy atom. The summed E-state index contributed by atoms with van der Waals surface area (Å²) in [6.45, 7) is 6.17. The van der Waals surface area contributed by atoms with Gasteiger partial charge in [-0.05, 0) is 30.3 Å². The van der Waals surface area contributed by atoms with Crippen molar-refractivity contribution in [3.8, 4) is 5.75 Å². The first-order chi connectivity index (χ1) is 14.8. The number of para-hydroxylation sites is 2. The molecule has 2 aromatic carbocycles. The van der Waals surface area contributed by atoms with E-state index in [9.17, 15) is 4.79 Å². The number of amides is 1. The maximum atomic E-state index is 12.9. The summed E-state index contributed by atoms with van der Waals surface area (Å²) in [6, 6.07) is 19.5. The minimum absolute atomic E-state index is 0.0102. The fraction of sp³-hybridized carbons (Fsp3) is 0.261. The number of fused-ring (bicyclic) bond motifs is 2. The average Bonchev–Trinajstić information content (AvgIpc) is 3.40. The van der Waals surface area contributed by atoms with Crippen LogP contribution in [0, 0.1) is 0 Å². The third kappa shape index (κ3) is 4.21. The van der Waals surface area contributed by atoms with Gasteiger partial charge in [-0.2, -0.15) is 5.10 Å². The Morgan fingerprint density at radius 3 is 2.60 bits per heavy atom. The van der Waals surface area contributed by atoms with Crippen molar-refractivity contribution in [2.24, 2.45) is 0 Å². The van der Waals surface area contributed by atoms with Gasteiger partial charge in [-0.1, -0.05) is 44.2 Å². The number of ether oxygens (including phenoxy) is 1. The monoisotopic (exact) mass is 420 g/mol. The molecule has 4 aromatic rings. The van der Waals surface area contributed by atoms with Crippen LogP contribution in [0.25, 0.3) is 10.2 Å². The van der Waals surface area contributed by atoms with Crippen molar-refractivity contribution >= 4 is 27.5 Å². The van der Waals surface area contributed by atoms with E-state index in [0.29, 0.717) is 31.9 Å². The van der Waals surface area contributed by atoms with Crippen molar-refractivity contribution < 1.29 is 9.53 Å². The van der Waals surface area contributed by atoms with E-state index in [2.05, 4.69) is 16.1 Å². The molecule has 3 heterocycles. The first-order valence-electron chi connectivity index (χ1n) is 10.1. The Balaban J connectivity index is 0.00000106. The number of hydrogen-bond donors (Lipinski definition) is 0. The maximum absolute atomic E-state index is 12.9. The molecular weight excluding hydrogens is 396 g/mol.